The van der Waals surface area contributed by atoms with Gasteiger partial charge in [0.25, 0.3) is 0 Å². The largest absolute Gasteiger partial charge is 0.294 e. The van der Waals surface area contributed by atoms with E-state index in [9.17, 15) is 4.79 Å². The Morgan fingerprint density at radius 3 is 2.67 bits per heavy atom. The molecule has 2 atom stereocenters. The summed E-state index contributed by atoms with van der Waals surface area (Å²) in [6.07, 6.45) is 1.96. The highest BCUT2D eigenvalue weighted by molar-refractivity contribution is 6.30. The van der Waals surface area contributed by atoms with E-state index in [0.29, 0.717) is 5.78 Å². The van der Waals surface area contributed by atoms with Crippen LogP contribution in [0.5, 0.6) is 0 Å². The summed E-state index contributed by atoms with van der Waals surface area (Å²) in [4.78, 5) is 12.7. The number of fused-ring (bicyclic) bond motifs is 5. The minimum Gasteiger partial charge on any atom is -0.294 e. The highest BCUT2D eigenvalue weighted by Gasteiger charge is 2.44. The van der Waals surface area contributed by atoms with Crippen LogP contribution in [0.1, 0.15) is 50.5 Å². The van der Waals surface area contributed by atoms with Crippen LogP contribution in [0, 0.1) is 19.8 Å². The molecule has 2 aliphatic carbocycles. The minimum atomic E-state index is 0.103. The number of carbonyl (C=O) groups excluding carboxylic acids is 1. The van der Waals surface area contributed by atoms with E-state index in [4.69, 9.17) is 11.6 Å². The molecule has 106 valence electrons. The summed E-state index contributed by atoms with van der Waals surface area (Å²) in [6.45, 7) is 4.34. The zero-order valence-corrected chi connectivity index (χ0v) is 13.0. The molecule has 0 aromatic heterocycles. The van der Waals surface area contributed by atoms with Gasteiger partial charge in [0.15, 0.2) is 5.78 Å². The number of Topliss-reactive ketones (excluding diaryl/α,β-unsaturated/α-hetero) is 1. The Morgan fingerprint density at radius 1 is 1.10 bits per heavy atom. The number of aryl methyl sites for hydroxylation is 2. The third-order valence-electron chi connectivity index (χ3n) is 5.18. The quantitative estimate of drug-likeness (QED) is 0.679. The van der Waals surface area contributed by atoms with Crippen LogP contribution in [0.25, 0.3) is 0 Å². The Balaban J connectivity index is 2.01. The SMILES string of the molecule is Cc1ccc(C)c2c1CC[C@@H]1C(=O)c3ccc(Cl)cc3[C@H]21. The number of hydrogen-bond donors (Lipinski definition) is 0. The smallest absolute Gasteiger partial charge is 0.167 e. The number of ketones is 1. The first kappa shape index (κ1) is 13.1. The third kappa shape index (κ3) is 1.74. The molecule has 21 heavy (non-hydrogen) atoms. The fraction of sp³-hybridized carbons (Fsp3) is 0.316. The van der Waals surface area contributed by atoms with Gasteiger partial charge in [-0.3, -0.25) is 4.79 Å². The topological polar surface area (TPSA) is 17.1 Å². The summed E-state index contributed by atoms with van der Waals surface area (Å²) in [5.41, 5.74) is 7.47. The average molecular weight is 297 g/mol. The number of carbonyl (C=O) groups is 1. The Hall–Kier alpha value is -1.60. The molecule has 2 heteroatoms. The van der Waals surface area contributed by atoms with Crippen LogP contribution in [0.4, 0.5) is 0 Å². The van der Waals surface area contributed by atoms with Crippen molar-refractivity contribution < 1.29 is 4.79 Å². The molecule has 0 bridgehead atoms. The second kappa shape index (κ2) is 4.45. The molecule has 0 aliphatic heterocycles. The van der Waals surface area contributed by atoms with Crippen LogP contribution in [0.3, 0.4) is 0 Å². The van der Waals surface area contributed by atoms with Gasteiger partial charge in [0.05, 0.1) is 0 Å². The molecule has 0 unspecified atom stereocenters. The van der Waals surface area contributed by atoms with Gasteiger partial charge in [-0.05, 0) is 72.7 Å². The first-order valence-corrected chi connectivity index (χ1v) is 7.88. The van der Waals surface area contributed by atoms with Crippen LogP contribution in [0.2, 0.25) is 5.02 Å². The molecule has 1 nitrogen and oxygen atoms in total. The molecule has 2 aliphatic rings. The summed E-state index contributed by atoms with van der Waals surface area (Å²) >= 11 is 6.19. The molecule has 0 saturated heterocycles. The van der Waals surface area contributed by atoms with Gasteiger partial charge in [-0.25, -0.2) is 0 Å². The Labute approximate surface area is 129 Å². The van der Waals surface area contributed by atoms with E-state index >= 15 is 0 Å². The van der Waals surface area contributed by atoms with Gasteiger partial charge >= 0.3 is 0 Å². The molecule has 0 amide bonds. The molecule has 2 aromatic rings. The Bertz CT molecular complexity index is 775. The second-order valence-corrected chi connectivity index (χ2v) is 6.75. The normalized spacial score (nSPS) is 22.7. The van der Waals surface area contributed by atoms with Gasteiger partial charge < -0.3 is 0 Å². The lowest BCUT2D eigenvalue weighted by Gasteiger charge is -2.31. The van der Waals surface area contributed by atoms with E-state index in [-0.39, 0.29) is 11.8 Å². The van der Waals surface area contributed by atoms with Crippen molar-refractivity contribution in [2.45, 2.75) is 32.6 Å². The molecule has 2 aromatic carbocycles. The van der Waals surface area contributed by atoms with Crippen molar-refractivity contribution >= 4 is 17.4 Å². The monoisotopic (exact) mass is 296 g/mol. The van der Waals surface area contributed by atoms with Crippen molar-refractivity contribution in [3.8, 4) is 0 Å². The summed E-state index contributed by atoms with van der Waals surface area (Å²) < 4.78 is 0. The van der Waals surface area contributed by atoms with E-state index in [1.807, 2.05) is 18.2 Å². The van der Waals surface area contributed by atoms with E-state index in [2.05, 4.69) is 26.0 Å². The third-order valence-corrected chi connectivity index (χ3v) is 5.41. The zero-order chi connectivity index (χ0) is 14.7. The lowest BCUT2D eigenvalue weighted by atomic mass is 9.72. The van der Waals surface area contributed by atoms with E-state index in [1.54, 1.807) is 0 Å². The maximum atomic E-state index is 12.7. The maximum absolute atomic E-state index is 12.7. The highest BCUT2D eigenvalue weighted by atomic mass is 35.5. The van der Waals surface area contributed by atoms with Gasteiger partial charge in [-0.1, -0.05) is 23.7 Å². The molecular formula is C19H17ClO. The summed E-state index contributed by atoms with van der Waals surface area (Å²) in [5.74, 6) is 0.611. The van der Waals surface area contributed by atoms with Crippen LogP contribution in [0.15, 0.2) is 30.3 Å². The molecule has 0 heterocycles. The number of rotatable bonds is 0. The van der Waals surface area contributed by atoms with E-state index in [1.165, 1.54) is 22.3 Å². The fourth-order valence-corrected chi connectivity index (χ4v) is 4.37. The van der Waals surface area contributed by atoms with Gasteiger partial charge in [0.2, 0.25) is 0 Å². The molecule has 4 rings (SSSR count). The molecule has 0 spiro atoms. The van der Waals surface area contributed by atoms with Gasteiger partial charge in [-0.15, -0.1) is 0 Å². The summed E-state index contributed by atoms with van der Waals surface area (Å²) in [7, 11) is 0. The second-order valence-electron chi connectivity index (χ2n) is 6.31. The predicted molar refractivity (Wildman–Crippen MR) is 85.4 cm³/mol. The summed E-state index contributed by atoms with van der Waals surface area (Å²) in [6, 6.07) is 10.1. The molecule has 0 N–H and O–H groups in total. The first-order valence-electron chi connectivity index (χ1n) is 7.50. The van der Waals surface area contributed by atoms with Crippen LogP contribution in [-0.2, 0) is 6.42 Å². The standard InChI is InChI=1S/C19H17ClO/c1-10-3-4-11(2)17-13(10)7-8-15-18(17)16-9-12(20)5-6-14(16)19(15)21/h3-6,9,15,18H,7-8H2,1-2H3/t15-,18+/m0/s1. The molecular weight excluding hydrogens is 280 g/mol. The van der Waals surface area contributed by atoms with Crippen molar-refractivity contribution in [2.75, 3.05) is 0 Å². The van der Waals surface area contributed by atoms with Crippen molar-refractivity contribution in [1.29, 1.82) is 0 Å². The van der Waals surface area contributed by atoms with Gasteiger partial charge in [-0.2, -0.15) is 0 Å². The van der Waals surface area contributed by atoms with Crippen LogP contribution < -0.4 is 0 Å². The van der Waals surface area contributed by atoms with Gasteiger partial charge in [0.1, 0.15) is 0 Å². The summed E-state index contributed by atoms with van der Waals surface area (Å²) in [5, 5.41) is 0.722. The van der Waals surface area contributed by atoms with Crippen molar-refractivity contribution in [3.63, 3.8) is 0 Å². The highest BCUT2D eigenvalue weighted by Crippen LogP contribution is 2.50. The molecule has 0 fully saturated rings. The number of halogens is 1. The van der Waals surface area contributed by atoms with Crippen LogP contribution >= 0.6 is 11.6 Å². The van der Waals surface area contributed by atoms with Crippen molar-refractivity contribution in [2.24, 2.45) is 5.92 Å². The van der Waals surface area contributed by atoms with Gasteiger partial charge in [0, 0.05) is 22.4 Å². The lowest BCUT2D eigenvalue weighted by Crippen LogP contribution is -2.23. The van der Waals surface area contributed by atoms with Crippen molar-refractivity contribution in [1.82, 2.24) is 0 Å². The molecule has 0 radical (unpaired) electrons. The zero-order valence-electron chi connectivity index (χ0n) is 12.2. The Morgan fingerprint density at radius 2 is 1.86 bits per heavy atom. The first-order chi connectivity index (χ1) is 10.1. The number of hydrogen-bond acceptors (Lipinski definition) is 1. The molecule has 0 saturated carbocycles. The lowest BCUT2D eigenvalue weighted by molar-refractivity contribution is 0.0919. The van der Waals surface area contributed by atoms with Crippen LogP contribution in [-0.4, -0.2) is 5.78 Å². The maximum Gasteiger partial charge on any atom is 0.167 e. The average Bonchev–Trinajstić information content (AvgIpc) is 2.75. The van der Waals surface area contributed by atoms with E-state index < -0.39 is 0 Å². The number of benzene rings is 2. The minimum absolute atomic E-state index is 0.103. The predicted octanol–water partition coefficient (Wildman–Crippen LogP) is 4.85. The van der Waals surface area contributed by atoms with Crippen molar-refractivity contribution in [3.05, 3.63) is 68.7 Å². The van der Waals surface area contributed by atoms with E-state index in [0.717, 1.165) is 29.0 Å². The fourth-order valence-electron chi connectivity index (χ4n) is 4.19. The Kier molecular flexibility index (Phi) is 2.77.